The zero-order chi connectivity index (χ0) is 13.1. The minimum absolute atomic E-state index is 0.500. The van der Waals surface area contributed by atoms with Gasteiger partial charge in [-0.15, -0.1) is 11.8 Å². The molecule has 0 spiro atoms. The van der Waals surface area contributed by atoms with Gasteiger partial charge in [0.25, 0.3) is 0 Å². The van der Waals surface area contributed by atoms with Crippen molar-refractivity contribution in [2.45, 2.75) is 29.4 Å². The summed E-state index contributed by atoms with van der Waals surface area (Å²) in [5.41, 5.74) is 2.82. The van der Waals surface area contributed by atoms with E-state index < -0.39 is 0 Å². The van der Waals surface area contributed by atoms with Gasteiger partial charge in [-0.05, 0) is 37.0 Å². The van der Waals surface area contributed by atoms with Gasteiger partial charge in [-0.2, -0.15) is 0 Å². The van der Waals surface area contributed by atoms with Gasteiger partial charge in [-0.25, -0.2) is 0 Å². The zero-order valence-corrected chi connectivity index (χ0v) is 12.0. The summed E-state index contributed by atoms with van der Waals surface area (Å²) in [6.07, 6.45) is 3.64. The number of ether oxygens (including phenoxy) is 1. The highest BCUT2D eigenvalue weighted by Crippen LogP contribution is 2.45. The number of benzene rings is 2. The van der Waals surface area contributed by atoms with Crippen molar-refractivity contribution in [2.24, 2.45) is 0 Å². The smallest absolute Gasteiger partial charge is 0.123 e. The van der Waals surface area contributed by atoms with E-state index in [-0.39, 0.29) is 0 Å². The Morgan fingerprint density at radius 3 is 2.74 bits per heavy atom. The van der Waals surface area contributed by atoms with E-state index in [4.69, 9.17) is 4.74 Å². The first-order chi connectivity index (χ1) is 9.38. The van der Waals surface area contributed by atoms with Crippen LogP contribution in [-0.4, -0.2) is 7.11 Å². The van der Waals surface area contributed by atoms with Crippen LogP contribution in [0.1, 0.15) is 29.2 Å². The molecule has 2 aromatic rings. The third-order valence-electron chi connectivity index (χ3n) is 3.64. The minimum atomic E-state index is 0.500. The average Bonchev–Trinajstić information content (AvgIpc) is 2.69. The molecule has 1 atom stereocenters. The predicted octanol–water partition coefficient (Wildman–Crippen LogP) is 4.86. The minimum Gasteiger partial charge on any atom is -0.496 e. The van der Waals surface area contributed by atoms with Crippen molar-refractivity contribution in [2.75, 3.05) is 7.11 Å². The molecule has 0 N–H and O–H groups in total. The van der Waals surface area contributed by atoms with Gasteiger partial charge in [0.15, 0.2) is 0 Å². The number of hydrogen-bond acceptors (Lipinski definition) is 2. The summed E-state index contributed by atoms with van der Waals surface area (Å²) in [5.74, 6) is 1.01. The molecule has 98 valence electrons. The molecule has 0 saturated heterocycles. The molecule has 0 radical (unpaired) electrons. The molecule has 0 fully saturated rings. The summed E-state index contributed by atoms with van der Waals surface area (Å²) in [5, 5.41) is 0.500. The molecule has 0 bridgehead atoms. The Kier molecular flexibility index (Phi) is 3.79. The number of thioether (sulfide) groups is 1. The van der Waals surface area contributed by atoms with Gasteiger partial charge in [-0.1, -0.05) is 36.4 Å². The van der Waals surface area contributed by atoms with E-state index in [0.29, 0.717) is 5.25 Å². The fraction of sp³-hybridized carbons (Fsp3) is 0.294. The predicted molar refractivity (Wildman–Crippen MR) is 81.0 cm³/mol. The van der Waals surface area contributed by atoms with Crippen LogP contribution in [0, 0.1) is 0 Å². The lowest BCUT2D eigenvalue weighted by atomic mass is 10.0. The van der Waals surface area contributed by atoms with Crippen LogP contribution in [-0.2, 0) is 6.42 Å². The lowest BCUT2D eigenvalue weighted by Crippen LogP contribution is -1.97. The molecule has 1 unspecified atom stereocenters. The summed E-state index contributed by atoms with van der Waals surface area (Å²) in [6.45, 7) is 0. The van der Waals surface area contributed by atoms with Crippen molar-refractivity contribution in [1.82, 2.24) is 0 Å². The summed E-state index contributed by atoms with van der Waals surface area (Å²) in [7, 11) is 1.76. The van der Waals surface area contributed by atoms with Crippen molar-refractivity contribution in [1.29, 1.82) is 0 Å². The van der Waals surface area contributed by atoms with E-state index in [1.54, 1.807) is 7.11 Å². The highest BCUT2D eigenvalue weighted by Gasteiger charge is 2.21. The molecule has 2 heteroatoms. The third kappa shape index (κ3) is 2.64. The lowest BCUT2D eigenvalue weighted by Gasteiger charge is -2.17. The van der Waals surface area contributed by atoms with Gasteiger partial charge in [0.2, 0.25) is 0 Å². The Hall–Kier alpha value is -1.41. The quantitative estimate of drug-likeness (QED) is 0.770. The highest BCUT2D eigenvalue weighted by molar-refractivity contribution is 7.99. The number of hydrogen-bond donors (Lipinski definition) is 0. The van der Waals surface area contributed by atoms with E-state index in [9.17, 15) is 0 Å². The van der Waals surface area contributed by atoms with Gasteiger partial charge in [0.1, 0.15) is 5.75 Å². The van der Waals surface area contributed by atoms with Gasteiger partial charge < -0.3 is 4.74 Å². The van der Waals surface area contributed by atoms with Crippen molar-refractivity contribution < 1.29 is 4.74 Å². The summed E-state index contributed by atoms with van der Waals surface area (Å²) >= 11 is 1.98. The first-order valence-corrected chi connectivity index (χ1v) is 7.64. The molecule has 1 aliphatic heterocycles. The van der Waals surface area contributed by atoms with Gasteiger partial charge in [-0.3, -0.25) is 0 Å². The van der Waals surface area contributed by atoms with Crippen LogP contribution in [0.2, 0.25) is 0 Å². The second-order valence-corrected chi connectivity index (χ2v) is 6.09. The van der Waals surface area contributed by atoms with Gasteiger partial charge in [0, 0.05) is 15.7 Å². The molecular formula is C17H18OS. The van der Waals surface area contributed by atoms with E-state index in [1.807, 2.05) is 17.8 Å². The Balaban J connectivity index is 1.94. The van der Waals surface area contributed by atoms with Crippen LogP contribution in [0.15, 0.2) is 53.4 Å². The van der Waals surface area contributed by atoms with Crippen LogP contribution < -0.4 is 4.74 Å². The summed E-state index contributed by atoms with van der Waals surface area (Å²) in [6, 6.07) is 17.2. The number of methoxy groups -OCH3 is 1. The van der Waals surface area contributed by atoms with Gasteiger partial charge >= 0.3 is 0 Å². The number of aryl methyl sites for hydroxylation is 1. The number of rotatable bonds is 2. The molecule has 0 saturated carbocycles. The summed E-state index contributed by atoms with van der Waals surface area (Å²) < 4.78 is 5.51. The SMILES string of the molecule is COc1ccccc1C1CCCc2ccccc2S1. The Labute approximate surface area is 119 Å². The topological polar surface area (TPSA) is 9.23 Å². The van der Waals surface area contributed by atoms with E-state index in [1.165, 1.54) is 35.3 Å². The van der Waals surface area contributed by atoms with Crippen LogP contribution >= 0.6 is 11.8 Å². The van der Waals surface area contributed by atoms with Gasteiger partial charge in [0.05, 0.1) is 7.11 Å². The Morgan fingerprint density at radius 2 is 1.84 bits per heavy atom. The molecule has 1 nitrogen and oxygen atoms in total. The van der Waals surface area contributed by atoms with Crippen molar-refractivity contribution in [3.63, 3.8) is 0 Å². The van der Waals surface area contributed by atoms with Crippen molar-refractivity contribution >= 4 is 11.8 Å². The molecule has 0 aliphatic carbocycles. The molecule has 0 amide bonds. The van der Waals surface area contributed by atoms with Crippen LogP contribution in [0.3, 0.4) is 0 Å². The first kappa shape index (κ1) is 12.6. The maximum absolute atomic E-state index is 5.51. The Bertz CT molecular complexity index is 565. The van der Waals surface area contributed by atoms with E-state index in [2.05, 4.69) is 42.5 Å². The normalized spacial score (nSPS) is 18.5. The standard InChI is InChI=1S/C17H18OS/c1-18-15-10-4-3-9-14(15)17-12-6-8-13-7-2-5-11-16(13)19-17/h2-5,7,9-11,17H,6,8,12H2,1H3. The van der Waals surface area contributed by atoms with E-state index >= 15 is 0 Å². The highest BCUT2D eigenvalue weighted by atomic mass is 32.2. The summed E-state index contributed by atoms with van der Waals surface area (Å²) in [4.78, 5) is 1.43. The molecule has 1 aliphatic rings. The molecule has 1 heterocycles. The fourth-order valence-electron chi connectivity index (χ4n) is 2.67. The maximum Gasteiger partial charge on any atom is 0.123 e. The second-order valence-electron chi connectivity index (χ2n) is 4.85. The molecule has 19 heavy (non-hydrogen) atoms. The molecule has 2 aromatic carbocycles. The monoisotopic (exact) mass is 270 g/mol. The third-order valence-corrected chi connectivity index (χ3v) is 5.07. The van der Waals surface area contributed by atoms with Crippen LogP contribution in [0.25, 0.3) is 0 Å². The number of para-hydroxylation sites is 1. The van der Waals surface area contributed by atoms with Crippen LogP contribution in [0.4, 0.5) is 0 Å². The largest absolute Gasteiger partial charge is 0.496 e. The second kappa shape index (κ2) is 5.70. The lowest BCUT2D eigenvalue weighted by molar-refractivity contribution is 0.408. The van der Waals surface area contributed by atoms with Crippen LogP contribution in [0.5, 0.6) is 5.75 Å². The van der Waals surface area contributed by atoms with Crippen molar-refractivity contribution in [3.05, 3.63) is 59.7 Å². The Morgan fingerprint density at radius 1 is 1.05 bits per heavy atom. The molecular weight excluding hydrogens is 252 g/mol. The maximum atomic E-state index is 5.51. The molecule has 3 rings (SSSR count). The number of fused-ring (bicyclic) bond motifs is 1. The zero-order valence-electron chi connectivity index (χ0n) is 11.1. The first-order valence-electron chi connectivity index (χ1n) is 6.76. The molecule has 0 aromatic heterocycles. The van der Waals surface area contributed by atoms with E-state index in [0.717, 1.165) is 5.75 Å². The van der Waals surface area contributed by atoms with Crippen molar-refractivity contribution in [3.8, 4) is 5.75 Å². The average molecular weight is 270 g/mol. The fourth-order valence-corrected chi connectivity index (χ4v) is 4.06.